The number of aliphatic hydroxyl groups is 1. The minimum Gasteiger partial charge on any atom is -0.394 e. The van der Waals surface area contributed by atoms with Crippen LogP contribution in [0.1, 0.15) is 6.92 Å². The molecule has 1 rings (SSSR count). The minimum absolute atomic E-state index is 0.00593. The lowest BCUT2D eigenvalue weighted by Crippen LogP contribution is -2.32. The van der Waals surface area contributed by atoms with Gasteiger partial charge in [0.2, 0.25) is 0 Å². The van der Waals surface area contributed by atoms with Crippen LogP contribution in [-0.4, -0.2) is 33.6 Å². The van der Waals surface area contributed by atoms with Gasteiger partial charge in [0.05, 0.1) is 24.4 Å². The number of rotatable bonds is 3. The molecule has 0 aliphatic carbocycles. The zero-order chi connectivity index (χ0) is 9.14. The van der Waals surface area contributed by atoms with Gasteiger partial charge in [-0.3, -0.25) is 0 Å². The van der Waals surface area contributed by atoms with Crippen LogP contribution < -0.4 is 4.90 Å². The molecule has 1 aromatic heterocycles. The van der Waals surface area contributed by atoms with Gasteiger partial charge in [0.25, 0.3) is 0 Å². The Bertz CT molecular complexity index is 255. The highest BCUT2D eigenvalue weighted by molar-refractivity contribution is 6.99. The lowest BCUT2D eigenvalue weighted by molar-refractivity contribution is 0.270. The molecule has 1 heterocycles. The molecule has 0 saturated carbocycles. The van der Waals surface area contributed by atoms with E-state index < -0.39 is 0 Å². The third-order valence-corrected chi connectivity index (χ3v) is 2.56. The largest absolute Gasteiger partial charge is 0.394 e. The van der Waals surface area contributed by atoms with Gasteiger partial charge in [-0.25, -0.2) is 0 Å². The number of hydrogen-bond acceptors (Lipinski definition) is 5. The van der Waals surface area contributed by atoms with Crippen molar-refractivity contribution in [3.63, 3.8) is 0 Å². The maximum absolute atomic E-state index is 8.87. The number of halogens is 1. The van der Waals surface area contributed by atoms with Crippen LogP contribution in [0.25, 0.3) is 0 Å². The SMILES string of the molecule is CC(CO)N(C)c1nsnc1Cl. The molecular formula is C6H10ClN3OS. The molecule has 1 aromatic rings. The van der Waals surface area contributed by atoms with Crippen LogP contribution >= 0.6 is 23.3 Å². The molecule has 0 radical (unpaired) electrons. The predicted molar refractivity (Wildman–Crippen MR) is 49.9 cm³/mol. The van der Waals surface area contributed by atoms with Crippen molar-refractivity contribution in [2.45, 2.75) is 13.0 Å². The topological polar surface area (TPSA) is 49.2 Å². The van der Waals surface area contributed by atoms with Gasteiger partial charge >= 0.3 is 0 Å². The number of aromatic nitrogens is 2. The normalized spacial score (nSPS) is 13.0. The standard InChI is InChI=1S/C6H10ClN3OS/c1-4(3-11)10(2)6-5(7)8-12-9-6/h4,11H,3H2,1-2H3. The third-order valence-electron chi connectivity index (χ3n) is 1.69. The van der Waals surface area contributed by atoms with E-state index in [-0.39, 0.29) is 12.6 Å². The molecule has 0 aliphatic heterocycles. The molecule has 0 bridgehead atoms. The van der Waals surface area contributed by atoms with E-state index in [0.717, 1.165) is 11.7 Å². The second-order valence-corrected chi connectivity index (χ2v) is 3.41. The molecule has 1 unspecified atom stereocenters. The summed E-state index contributed by atoms with van der Waals surface area (Å²) in [5.41, 5.74) is 0. The van der Waals surface area contributed by atoms with Gasteiger partial charge in [0, 0.05) is 7.05 Å². The number of hydrogen-bond donors (Lipinski definition) is 1. The number of likely N-dealkylation sites (N-methyl/N-ethyl adjacent to an activating group) is 1. The van der Waals surface area contributed by atoms with Gasteiger partial charge < -0.3 is 10.0 Å². The monoisotopic (exact) mass is 207 g/mol. The zero-order valence-corrected chi connectivity index (χ0v) is 8.43. The van der Waals surface area contributed by atoms with E-state index in [9.17, 15) is 0 Å². The molecule has 0 amide bonds. The molecule has 0 aromatic carbocycles. The second kappa shape index (κ2) is 4.02. The summed E-state index contributed by atoms with van der Waals surface area (Å²) in [6, 6.07) is 0.00593. The van der Waals surface area contributed by atoms with Crippen LogP contribution in [0.2, 0.25) is 5.15 Å². The van der Waals surface area contributed by atoms with Gasteiger partial charge in [-0.1, -0.05) is 11.6 Å². The minimum atomic E-state index is 0.00593. The molecule has 0 aliphatic rings. The quantitative estimate of drug-likeness (QED) is 0.804. The molecule has 0 spiro atoms. The second-order valence-electron chi connectivity index (χ2n) is 2.52. The molecule has 4 nitrogen and oxygen atoms in total. The molecule has 12 heavy (non-hydrogen) atoms. The lowest BCUT2D eigenvalue weighted by Gasteiger charge is -2.22. The number of aliphatic hydroxyl groups excluding tert-OH is 1. The van der Waals surface area contributed by atoms with Crippen LogP contribution in [0.4, 0.5) is 5.82 Å². The van der Waals surface area contributed by atoms with Crippen molar-refractivity contribution in [1.82, 2.24) is 8.75 Å². The molecular weight excluding hydrogens is 198 g/mol. The Hall–Kier alpha value is -0.390. The van der Waals surface area contributed by atoms with Crippen molar-refractivity contribution in [3.05, 3.63) is 5.15 Å². The fourth-order valence-corrected chi connectivity index (χ4v) is 1.52. The van der Waals surface area contributed by atoms with Crippen molar-refractivity contribution in [1.29, 1.82) is 0 Å². The van der Waals surface area contributed by atoms with Crippen LogP contribution in [0, 0.1) is 0 Å². The molecule has 0 saturated heterocycles. The summed E-state index contributed by atoms with van der Waals surface area (Å²) in [5, 5.41) is 9.26. The van der Waals surface area contributed by atoms with E-state index in [0.29, 0.717) is 11.0 Å². The first-order valence-electron chi connectivity index (χ1n) is 3.48. The average Bonchev–Trinajstić information content (AvgIpc) is 2.48. The fourth-order valence-electron chi connectivity index (χ4n) is 0.715. The Balaban J connectivity index is 2.77. The highest BCUT2D eigenvalue weighted by Gasteiger charge is 2.15. The Kier molecular flexibility index (Phi) is 3.25. The van der Waals surface area contributed by atoms with Crippen molar-refractivity contribution in [2.24, 2.45) is 0 Å². The van der Waals surface area contributed by atoms with Crippen molar-refractivity contribution >= 4 is 29.1 Å². The first-order valence-corrected chi connectivity index (χ1v) is 4.59. The van der Waals surface area contributed by atoms with E-state index in [4.69, 9.17) is 16.7 Å². The lowest BCUT2D eigenvalue weighted by atomic mass is 10.3. The van der Waals surface area contributed by atoms with Gasteiger partial charge in [-0.05, 0) is 6.92 Å². The summed E-state index contributed by atoms with van der Waals surface area (Å²) in [5.74, 6) is 0.628. The van der Waals surface area contributed by atoms with Crippen LogP contribution in [0.5, 0.6) is 0 Å². The average molecular weight is 208 g/mol. The van der Waals surface area contributed by atoms with Gasteiger partial charge in [-0.2, -0.15) is 8.75 Å². The van der Waals surface area contributed by atoms with Gasteiger partial charge in [-0.15, -0.1) is 0 Å². The maximum atomic E-state index is 8.87. The van der Waals surface area contributed by atoms with Crippen LogP contribution in [-0.2, 0) is 0 Å². The van der Waals surface area contributed by atoms with E-state index in [2.05, 4.69) is 8.75 Å². The van der Waals surface area contributed by atoms with E-state index in [1.54, 1.807) is 4.90 Å². The van der Waals surface area contributed by atoms with E-state index in [1.807, 2.05) is 14.0 Å². The fraction of sp³-hybridized carbons (Fsp3) is 0.667. The highest BCUT2D eigenvalue weighted by atomic mass is 35.5. The summed E-state index contributed by atoms with van der Waals surface area (Å²) in [6.07, 6.45) is 0. The first-order chi connectivity index (χ1) is 5.66. The Morgan fingerprint density at radius 1 is 1.67 bits per heavy atom. The van der Waals surface area contributed by atoms with Gasteiger partial charge in [0.1, 0.15) is 0 Å². The van der Waals surface area contributed by atoms with Crippen LogP contribution in [0.15, 0.2) is 0 Å². The summed E-state index contributed by atoms with van der Waals surface area (Å²) in [6.45, 7) is 1.96. The summed E-state index contributed by atoms with van der Waals surface area (Å²) >= 11 is 6.82. The van der Waals surface area contributed by atoms with Crippen molar-refractivity contribution in [2.75, 3.05) is 18.6 Å². The molecule has 68 valence electrons. The Morgan fingerprint density at radius 3 is 2.75 bits per heavy atom. The molecule has 6 heteroatoms. The Labute approximate surface area is 80.1 Å². The van der Waals surface area contributed by atoms with E-state index in [1.165, 1.54) is 0 Å². The third kappa shape index (κ3) is 1.85. The van der Waals surface area contributed by atoms with Crippen LogP contribution in [0.3, 0.4) is 0 Å². The Morgan fingerprint density at radius 2 is 2.33 bits per heavy atom. The first kappa shape index (κ1) is 9.70. The zero-order valence-electron chi connectivity index (χ0n) is 6.86. The number of nitrogens with zero attached hydrogens (tertiary/aromatic N) is 3. The maximum Gasteiger partial charge on any atom is 0.187 e. The van der Waals surface area contributed by atoms with Crippen molar-refractivity contribution in [3.8, 4) is 0 Å². The molecule has 1 atom stereocenters. The molecule has 0 fully saturated rings. The summed E-state index contributed by atoms with van der Waals surface area (Å²) in [4.78, 5) is 1.80. The summed E-state index contributed by atoms with van der Waals surface area (Å²) in [7, 11) is 1.82. The van der Waals surface area contributed by atoms with Crippen molar-refractivity contribution < 1.29 is 5.11 Å². The smallest absolute Gasteiger partial charge is 0.187 e. The predicted octanol–water partition coefficient (Wildman–Crippen LogP) is 1.01. The highest BCUT2D eigenvalue weighted by Crippen LogP contribution is 2.22. The van der Waals surface area contributed by atoms with Gasteiger partial charge in [0.15, 0.2) is 11.0 Å². The molecule has 1 N–H and O–H groups in total. The number of anilines is 1. The van der Waals surface area contributed by atoms with E-state index >= 15 is 0 Å². The summed E-state index contributed by atoms with van der Waals surface area (Å²) < 4.78 is 7.83.